The summed E-state index contributed by atoms with van der Waals surface area (Å²) in [4.78, 5) is 0. The molecule has 0 aromatic heterocycles. The van der Waals surface area contributed by atoms with Crippen LogP contribution in [0.5, 0.6) is 0 Å². The Hall–Kier alpha value is 0.795. The van der Waals surface area contributed by atoms with E-state index >= 15 is 0 Å². The Morgan fingerprint density at radius 3 is 1.60 bits per heavy atom. The normalized spacial score (nSPS) is 11.8. The van der Waals surface area contributed by atoms with Gasteiger partial charge in [-0.2, -0.15) is 0 Å². The Labute approximate surface area is 47.9 Å². The van der Waals surface area contributed by atoms with E-state index < -0.39 is 0 Å². The molecule has 0 rings (SSSR count). The van der Waals surface area contributed by atoms with E-state index in [9.17, 15) is 0 Å². The molecule has 0 nitrogen and oxygen atoms in total. The fraction of sp³-hybridized carbons (Fsp3) is 1.00. The number of alkyl halides is 1. The van der Waals surface area contributed by atoms with Gasteiger partial charge in [0.2, 0.25) is 0 Å². The molecule has 0 saturated heterocycles. The van der Waals surface area contributed by atoms with Crippen LogP contribution < -0.4 is 0 Å². The largest absolute Gasteiger partial charge is 0.121 e. The summed E-state index contributed by atoms with van der Waals surface area (Å²) in [6.45, 7) is 4.35. The highest BCUT2D eigenvalue weighted by molar-refractivity contribution is 14.1. The van der Waals surface area contributed by atoms with Crippen molar-refractivity contribution in [2.45, 2.75) is 17.2 Å². The summed E-state index contributed by atoms with van der Waals surface area (Å²) < 4.78 is 0.470. The minimum absolute atomic E-state index is 0.470. The number of halogens is 1. The maximum absolute atomic E-state index is 2.38. The monoisotopic (exact) mass is 182 g/mol. The highest BCUT2D eigenvalue weighted by atomic mass is 127. The zero-order valence-corrected chi connectivity index (χ0v) is 6.04. The van der Waals surface area contributed by atoms with Crippen LogP contribution in [-0.4, -0.2) is 11.2 Å². The van der Waals surface area contributed by atoms with Crippen LogP contribution in [0.25, 0.3) is 0 Å². The van der Waals surface area contributed by atoms with E-state index in [4.69, 9.17) is 0 Å². The number of hydrogen-bond acceptors (Lipinski definition) is 0. The van der Waals surface area contributed by atoms with Gasteiger partial charge in [-0.3, -0.25) is 0 Å². The molecule has 0 aliphatic carbocycles. The molecule has 0 atom stereocenters. The van der Waals surface area contributed by atoms with Gasteiger partial charge in [0.1, 0.15) is 7.85 Å². The molecule has 0 fully saturated rings. The Bertz CT molecular complexity index is 22.4. The smallest absolute Gasteiger partial charge is 0.0894 e. The molecule has 0 aliphatic rings. The first-order chi connectivity index (χ1) is 2.00. The number of rotatable bonds is 0. The Morgan fingerprint density at radius 2 is 1.60 bits per heavy atom. The molecule has 30 valence electrons. The second kappa shape index (κ2) is 1.50. The van der Waals surface area contributed by atoms with E-state index in [2.05, 4.69) is 44.3 Å². The fourth-order valence-electron chi connectivity index (χ4n) is 0. The molecule has 0 aliphatic heterocycles. The van der Waals surface area contributed by atoms with Gasteiger partial charge in [-0.05, 0) is 3.32 Å². The molecule has 0 radical (unpaired) electrons. The van der Waals surface area contributed by atoms with Crippen LogP contribution in [0.3, 0.4) is 0 Å². The first-order valence-electron chi connectivity index (χ1n) is 1.69. The van der Waals surface area contributed by atoms with Crippen molar-refractivity contribution in [1.82, 2.24) is 0 Å². The van der Waals surface area contributed by atoms with E-state index in [0.717, 1.165) is 0 Å². The molecule has 0 aromatic rings. The molecule has 2 heteroatoms. The summed E-state index contributed by atoms with van der Waals surface area (Å²) in [7, 11) is 2.17. The molecule has 0 amide bonds. The van der Waals surface area contributed by atoms with Crippen LogP contribution in [-0.2, 0) is 0 Å². The third kappa shape index (κ3) is 59.3. The third-order valence-electron chi connectivity index (χ3n) is 0. The predicted molar refractivity (Wildman–Crippen MR) is 36.6 cm³/mol. The van der Waals surface area contributed by atoms with Gasteiger partial charge in [0.15, 0.2) is 0 Å². The van der Waals surface area contributed by atoms with Crippen molar-refractivity contribution in [3.8, 4) is 0 Å². The molecule has 0 spiro atoms. The lowest BCUT2D eigenvalue weighted by Gasteiger charge is -2.02. The second-order valence-electron chi connectivity index (χ2n) is 2.07. The Kier molecular flexibility index (Phi) is 1.73. The second-order valence-corrected chi connectivity index (χ2v) is 5.30. The van der Waals surface area contributed by atoms with Crippen molar-refractivity contribution in [3.05, 3.63) is 0 Å². The van der Waals surface area contributed by atoms with Gasteiger partial charge in [-0.15, -0.1) is 0 Å². The van der Waals surface area contributed by atoms with E-state index in [1.165, 1.54) is 0 Å². The lowest BCUT2D eigenvalue weighted by molar-refractivity contribution is 1.06. The molecule has 0 N–H and O–H groups in total. The van der Waals surface area contributed by atoms with Crippen molar-refractivity contribution in [2.75, 3.05) is 0 Å². The zero-order chi connectivity index (χ0) is 4.50. The van der Waals surface area contributed by atoms with Gasteiger partial charge < -0.3 is 0 Å². The van der Waals surface area contributed by atoms with Gasteiger partial charge in [-0.25, -0.2) is 0 Å². The molecule has 0 heterocycles. The lowest BCUT2D eigenvalue weighted by Crippen LogP contribution is -2.05. The van der Waals surface area contributed by atoms with Gasteiger partial charge in [0.25, 0.3) is 0 Å². The SMILES string of the molecule is BC(C)(C)I. The van der Waals surface area contributed by atoms with Crippen LogP contribution in [0.1, 0.15) is 13.8 Å². The average Bonchev–Trinajstić information content (AvgIpc) is 0.722. The molecular weight excluding hydrogens is 174 g/mol. The van der Waals surface area contributed by atoms with E-state index in [1.54, 1.807) is 0 Å². The summed E-state index contributed by atoms with van der Waals surface area (Å²) >= 11 is 2.38. The van der Waals surface area contributed by atoms with Crippen molar-refractivity contribution in [3.63, 3.8) is 0 Å². The van der Waals surface area contributed by atoms with Crippen LogP contribution >= 0.6 is 22.6 Å². The highest BCUT2D eigenvalue weighted by Gasteiger charge is 1.99. The Morgan fingerprint density at radius 1 is 1.60 bits per heavy atom. The van der Waals surface area contributed by atoms with E-state index in [-0.39, 0.29) is 0 Å². The number of hydrogen-bond donors (Lipinski definition) is 0. The van der Waals surface area contributed by atoms with Crippen molar-refractivity contribution < 1.29 is 0 Å². The quantitative estimate of drug-likeness (QED) is 0.295. The minimum atomic E-state index is 0.470. The highest BCUT2D eigenvalue weighted by Crippen LogP contribution is 2.08. The topological polar surface area (TPSA) is 0 Å². The molecular formula is C3H8BI. The van der Waals surface area contributed by atoms with Gasteiger partial charge >= 0.3 is 0 Å². The van der Waals surface area contributed by atoms with Gasteiger partial charge in [0.05, 0.1) is 0 Å². The standard InChI is InChI=1S/C3H8BI/c1-3(2,4)5/h4H2,1-2H3. The molecule has 0 aromatic carbocycles. The predicted octanol–water partition coefficient (Wildman–Crippen LogP) is 0.791. The van der Waals surface area contributed by atoms with Crippen molar-refractivity contribution in [1.29, 1.82) is 0 Å². The average molecular weight is 182 g/mol. The van der Waals surface area contributed by atoms with Crippen molar-refractivity contribution >= 4 is 30.4 Å². The lowest BCUT2D eigenvalue weighted by atomic mass is 9.92. The fourth-order valence-corrected chi connectivity index (χ4v) is 0. The first-order valence-corrected chi connectivity index (χ1v) is 2.77. The van der Waals surface area contributed by atoms with Crippen LogP contribution in [0.15, 0.2) is 0 Å². The Balaban J connectivity index is 3.02. The maximum Gasteiger partial charge on any atom is 0.121 e. The van der Waals surface area contributed by atoms with Gasteiger partial charge in [-0.1, -0.05) is 36.4 Å². The first kappa shape index (κ1) is 5.79. The van der Waals surface area contributed by atoms with Gasteiger partial charge in [0, 0.05) is 0 Å². The minimum Gasteiger partial charge on any atom is -0.0894 e. The van der Waals surface area contributed by atoms with Crippen LogP contribution in [0.4, 0.5) is 0 Å². The molecule has 0 bridgehead atoms. The zero-order valence-electron chi connectivity index (χ0n) is 3.88. The third-order valence-corrected chi connectivity index (χ3v) is 0. The molecule has 0 unspecified atom stereocenters. The molecule has 0 saturated carbocycles. The summed E-state index contributed by atoms with van der Waals surface area (Å²) in [5, 5.41) is 0. The van der Waals surface area contributed by atoms with E-state index in [0.29, 0.717) is 3.32 Å². The summed E-state index contributed by atoms with van der Waals surface area (Å²) in [5.41, 5.74) is 0. The van der Waals surface area contributed by atoms with Crippen LogP contribution in [0.2, 0.25) is 0 Å². The van der Waals surface area contributed by atoms with E-state index in [1.807, 2.05) is 0 Å². The summed E-state index contributed by atoms with van der Waals surface area (Å²) in [6.07, 6.45) is 0. The van der Waals surface area contributed by atoms with Crippen LogP contribution in [0, 0.1) is 0 Å². The maximum atomic E-state index is 2.38. The summed E-state index contributed by atoms with van der Waals surface area (Å²) in [6, 6.07) is 0. The summed E-state index contributed by atoms with van der Waals surface area (Å²) in [5.74, 6) is 0. The van der Waals surface area contributed by atoms with Crippen molar-refractivity contribution in [2.24, 2.45) is 0 Å². The molecule has 5 heavy (non-hydrogen) atoms.